The smallest absolute Gasteiger partial charge is 0.244 e. The van der Waals surface area contributed by atoms with E-state index in [2.05, 4.69) is 54.1 Å². The summed E-state index contributed by atoms with van der Waals surface area (Å²) in [6.45, 7) is 12.7. The summed E-state index contributed by atoms with van der Waals surface area (Å²) in [5, 5.41) is 16.6. The molecule has 0 bridgehead atoms. The zero-order valence-corrected chi connectivity index (χ0v) is 29.2. The fraction of sp³-hybridized carbons (Fsp3) is 0.514. The molecule has 1 aliphatic carbocycles. The Morgan fingerprint density at radius 2 is 1.79 bits per heavy atom. The molecule has 250 valence electrons. The minimum Gasteiger partial charge on any atom is -0.369 e. The second-order valence-corrected chi connectivity index (χ2v) is 16.7. The van der Waals surface area contributed by atoms with Gasteiger partial charge >= 0.3 is 0 Å². The second kappa shape index (κ2) is 12.8. The highest BCUT2D eigenvalue weighted by Crippen LogP contribution is 2.38. The largest absolute Gasteiger partial charge is 0.369 e. The van der Waals surface area contributed by atoms with Crippen molar-refractivity contribution in [2.24, 2.45) is 0 Å². The molecular weight excluding hydrogens is 634 g/mol. The van der Waals surface area contributed by atoms with Crippen LogP contribution in [-0.2, 0) is 27.6 Å². The number of halogens is 1. The quantitative estimate of drug-likeness (QED) is 0.350. The lowest BCUT2D eigenvalue weighted by molar-refractivity contribution is -0.122. The Labute approximate surface area is 283 Å². The molecule has 2 atom stereocenters. The molecule has 6 rings (SSSR count). The first kappa shape index (κ1) is 33.3. The van der Waals surface area contributed by atoms with Gasteiger partial charge in [0.1, 0.15) is 17.4 Å². The molecule has 3 aliphatic rings. The van der Waals surface area contributed by atoms with Crippen molar-refractivity contribution in [3.63, 3.8) is 0 Å². The number of nitrogens with zero attached hydrogens (tertiary/aromatic N) is 6. The van der Waals surface area contributed by atoms with Crippen molar-refractivity contribution in [3.8, 4) is 6.07 Å². The molecule has 1 N–H and O–H groups in total. The first-order valence-electron chi connectivity index (χ1n) is 16.4. The monoisotopic (exact) mass is 677 g/mol. The number of carbonyl (C=O) groups is 1. The van der Waals surface area contributed by atoms with Gasteiger partial charge in [0.2, 0.25) is 5.91 Å². The van der Waals surface area contributed by atoms with Crippen molar-refractivity contribution < 1.29 is 13.2 Å². The van der Waals surface area contributed by atoms with Gasteiger partial charge in [0, 0.05) is 56.6 Å². The van der Waals surface area contributed by atoms with E-state index in [1.807, 2.05) is 46.8 Å². The Kier molecular flexibility index (Phi) is 9.07. The van der Waals surface area contributed by atoms with E-state index in [1.54, 1.807) is 12.1 Å². The predicted molar refractivity (Wildman–Crippen MR) is 185 cm³/mol. The van der Waals surface area contributed by atoms with Gasteiger partial charge in [-0.3, -0.25) is 9.69 Å². The molecule has 12 heteroatoms. The van der Waals surface area contributed by atoms with E-state index in [9.17, 15) is 18.5 Å². The number of nitriles is 1. The van der Waals surface area contributed by atoms with Gasteiger partial charge in [-0.25, -0.2) is 13.1 Å². The summed E-state index contributed by atoms with van der Waals surface area (Å²) < 4.78 is 30.4. The molecule has 0 radical (unpaired) electrons. The van der Waals surface area contributed by atoms with E-state index in [0.29, 0.717) is 25.2 Å². The van der Waals surface area contributed by atoms with Gasteiger partial charge in [0.05, 0.1) is 26.9 Å². The van der Waals surface area contributed by atoms with Crippen molar-refractivity contribution >= 4 is 38.9 Å². The molecule has 2 aliphatic heterocycles. The van der Waals surface area contributed by atoms with Crippen LogP contribution in [0.5, 0.6) is 0 Å². The Bertz CT molecular complexity index is 1770. The molecule has 3 fully saturated rings. The minimum absolute atomic E-state index is 0.0748. The molecule has 3 aromatic rings. The van der Waals surface area contributed by atoms with Crippen LogP contribution in [-0.4, -0.2) is 84.1 Å². The first-order valence-corrected chi connectivity index (χ1v) is 18.3. The maximum Gasteiger partial charge on any atom is 0.244 e. The number of amides is 1. The van der Waals surface area contributed by atoms with E-state index < -0.39 is 26.7 Å². The summed E-state index contributed by atoms with van der Waals surface area (Å²) in [7, 11) is -3.92. The van der Waals surface area contributed by atoms with Crippen molar-refractivity contribution in [1.29, 1.82) is 5.26 Å². The van der Waals surface area contributed by atoms with Crippen LogP contribution in [0.15, 0.2) is 59.5 Å². The van der Waals surface area contributed by atoms with Crippen LogP contribution in [0.4, 0.5) is 11.5 Å². The molecule has 1 aromatic heterocycles. The van der Waals surface area contributed by atoms with Gasteiger partial charge in [0.15, 0.2) is 9.84 Å². The lowest BCUT2D eigenvalue weighted by atomic mass is 10.0. The number of hydrogen-bond acceptors (Lipinski definition) is 8. The Morgan fingerprint density at radius 1 is 1.09 bits per heavy atom. The van der Waals surface area contributed by atoms with Crippen LogP contribution in [0.1, 0.15) is 51.3 Å². The number of rotatable bonds is 9. The molecule has 3 heterocycles. The van der Waals surface area contributed by atoms with Crippen LogP contribution in [0.3, 0.4) is 0 Å². The molecule has 47 heavy (non-hydrogen) atoms. The number of carbonyl (C=O) groups excluding carboxylic acids is 1. The van der Waals surface area contributed by atoms with Crippen LogP contribution in [0, 0.1) is 18.3 Å². The summed E-state index contributed by atoms with van der Waals surface area (Å²) in [6, 6.07) is 18.6. The predicted octanol–water partition coefficient (Wildman–Crippen LogP) is 4.60. The highest BCUT2D eigenvalue weighted by atomic mass is 35.5. The molecule has 2 saturated heterocycles. The van der Waals surface area contributed by atoms with Gasteiger partial charge < -0.3 is 15.1 Å². The van der Waals surface area contributed by atoms with E-state index in [-0.39, 0.29) is 34.3 Å². The van der Waals surface area contributed by atoms with Crippen molar-refractivity contribution in [3.05, 3.63) is 70.9 Å². The average Bonchev–Trinajstić information content (AvgIpc) is 3.49. The molecule has 1 amide bonds. The van der Waals surface area contributed by atoms with Crippen LogP contribution in [0.25, 0.3) is 0 Å². The third-order valence-electron chi connectivity index (χ3n) is 9.78. The third kappa shape index (κ3) is 7.01. The van der Waals surface area contributed by atoms with Crippen LogP contribution >= 0.6 is 11.6 Å². The zero-order valence-electron chi connectivity index (χ0n) is 27.6. The van der Waals surface area contributed by atoms with Gasteiger partial charge in [-0.1, -0.05) is 41.9 Å². The van der Waals surface area contributed by atoms with Crippen LogP contribution < -0.4 is 15.1 Å². The van der Waals surface area contributed by atoms with Gasteiger partial charge in [0.25, 0.3) is 0 Å². The normalized spacial score (nSPS) is 21.4. The van der Waals surface area contributed by atoms with Crippen molar-refractivity contribution in [2.75, 3.05) is 42.5 Å². The Balaban J connectivity index is 1.25. The average molecular weight is 678 g/mol. The SMILES string of the molecule is Cc1cc(N2CC(S(=O)(=O)c3ccc(N4CCN(C(C)(C)C)CC4)cc3Cl)CC2C(=O)NC2(C#N)CC2)n(CCc2ccccc2)n1. The molecular formula is C35H44ClN7O3S. The van der Waals surface area contributed by atoms with Crippen molar-refractivity contribution in [2.45, 2.75) is 87.2 Å². The fourth-order valence-corrected chi connectivity index (χ4v) is 9.01. The van der Waals surface area contributed by atoms with Gasteiger partial charge in [-0.15, -0.1) is 0 Å². The molecule has 2 aromatic carbocycles. The van der Waals surface area contributed by atoms with E-state index >= 15 is 0 Å². The summed E-state index contributed by atoms with van der Waals surface area (Å²) in [6.07, 6.45) is 1.98. The number of aryl methyl sites for hydroxylation is 3. The van der Waals surface area contributed by atoms with E-state index in [4.69, 9.17) is 16.7 Å². The lowest BCUT2D eigenvalue weighted by Crippen LogP contribution is -2.53. The lowest BCUT2D eigenvalue weighted by Gasteiger charge is -2.43. The zero-order chi connectivity index (χ0) is 33.6. The molecule has 1 saturated carbocycles. The second-order valence-electron chi connectivity index (χ2n) is 14.1. The topological polar surface area (TPSA) is 115 Å². The minimum atomic E-state index is -3.92. The van der Waals surface area contributed by atoms with Gasteiger partial charge in [-0.2, -0.15) is 10.4 Å². The maximum absolute atomic E-state index is 14.3. The summed E-state index contributed by atoms with van der Waals surface area (Å²) >= 11 is 6.75. The highest BCUT2D eigenvalue weighted by Gasteiger charge is 2.50. The maximum atomic E-state index is 14.3. The van der Waals surface area contributed by atoms with E-state index in [0.717, 1.165) is 49.5 Å². The Hall–Kier alpha value is -3.59. The Morgan fingerprint density at radius 3 is 2.40 bits per heavy atom. The number of piperazine rings is 1. The third-order valence-corrected chi connectivity index (χ3v) is 12.4. The summed E-state index contributed by atoms with van der Waals surface area (Å²) in [5.74, 6) is 0.347. The van der Waals surface area contributed by atoms with Crippen molar-refractivity contribution in [1.82, 2.24) is 20.0 Å². The fourth-order valence-electron chi connectivity index (χ4n) is 6.77. The van der Waals surface area contributed by atoms with Gasteiger partial charge in [-0.05, 0) is 77.1 Å². The summed E-state index contributed by atoms with van der Waals surface area (Å²) in [5.41, 5.74) is 2.05. The standard InChI is InChI=1S/C35H44ClN7O3S/c1-25-20-32(43(39-25)15-12-26-8-6-5-7-9-26)42-23-28(22-30(42)33(44)38-35(24-37)13-14-35)47(45,46)31-11-10-27(21-29(31)36)40-16-18-41(19-17-40)34(2,3)4/h5-11,20-21,28,30H,12-19,22-23H2,1-4H3,(H,38,44). The number of aromatic nitrogens is 2. The van der Waals surface area contributed by atoms with E-state index in [1.165, 1.54) is 0 Å². The number of sulfone groups is 1. The number of nitrogens with one attached hydrogen (secondary N) is 1. The highest BCUT2D eigenvalue weighted by molar-refractivity contribution is 7.92. The molecule has 10 nitrogen and oxygen atoms in total. The first-order chi connectivity index (χ1) is 22.3. The number of hydrogen-bond donors (Lipinski definition) is 1. The van der Waals surface area contributed by atoms with Crippen LogP contribution in [0.2, 0.25) is 5.02 Å². The summed E-state index contributed by atoms with van der Waals surface area (Å²) in [4.78, 5) is 20.4. The number of anilines is 2. The molecule has 0 spiro atoms. The molecule has 2 unspecified atom stereocenters. The number of benzene rings is 2.